The summed E-state index contributed by atoms with van der Waals surface area (Å²) >= 11 is 0. The van der Waals surface area contributed by atoms with E-state index in [2.05, 4.69) is 20.8 Å². The van der Waals surface area contributed by atoms with Crippen LogP contribution in [-0.4, -0.2) is 13.0 Å². The van der Waals surface area contributed by atoms with Crippen LogP contribution in [-0.2, 0) is 16.5 Å². The van der Waals surface area contributed by atoms with Crippen molar-refractivity contribution in [1.29, 1.82) is 0 Å². The maximum absolute atomic E-state index is 11.4. The maximum Gasteiger partial charge on any atom is 1.00 e. The van der Waals surface area contributed by atoms with Crippen molar-refractivity contribution in [1.82, 2.24) is 0 Å². The molecule has 0 saturated heterocycles. The maximum atomic E-state index is 11.4. The number of hydrogen-bond acceptors (Lipinski definition) is 3. The van der Waals surface area contributed by atoms with E-state index < -0.39 is 10.1 Å². The second kappa shape index (κ2) is 11.7. The molecule has 0 atom stereocenters. The predicted octanol–water partition coefficient (Wildman–Crippen LogP) is 2.30. The first-order valence-corrected chi connectivity index (χ1v) is 10.2. The molecule has 1 aromatic rings. The van der Waals surface area contributed by atoms with E-state index in [0.29, 0.717) is 12.0 Å². The summed E-state index contributed by atoms with van der Waals surface area (Å²) in [5.41, 5.74) is 0.653. The first kappa shape index (κ1) is 24.1. The summed E-state index contributed by atoms with van der Waals surface area (Å²) in [6.45, 7) is 6.53. The molecule has 1 aromatic carbocycles. The van der Waals surface area contributed by atoms with E-state index >= 15 is 0 Å². The minimum absolute atomic E-state index is 0. The minimum atomic E-state index is -4.39. The molecule has 3 nitrogen and oxygen atoms in total. The van der Waals surface area contributed by atoms with E-state index in [-0.39, 0.29) is 39.9 Å². The van der Waals surface area contributed by atoms with Gasteiger partial charge in [0.2, 0.25) is 0 Å². The van der Waals surface area contributed by atoms with Gasteiger partial charge in [-0.3, -0.25) is 0 Å². The Labute approximate surface area is 170 Å². The fourth-order valence-corrected chi connectivity index (χ4v) is 3.76. The van der Waals surface area contributed by atoms with Gasteiger partial charge in [-0.2, -0.15) is 0 Å². The second-order valence-electron chi connectivity index (χ2n) is 7.27. The summed E-state index contributed by atoms with van der Waals surface area (Å²) in [7, 11) is -4.39. The first-order chi connectivity index (χ1) is 10.8. The van der Waals surface area contributed by atoms with Gasteiger partial charge in [-0.05, 0) is 29.9 Å². The van der Waals surface area contributed by atoms with Gasteiger partial charge in [0.25, 0.3) is 0 Å². The Morgan fingerprint density at radius 3 is 2.08 bits per heavy atom. The monoisotopic (exact) mass is 362 g/mol. The van der Waals surface area contributed by atoms with Crippen molar-refractivity contribution in [2.75, 3.05) is 0 Å². The van der Waals surface area contributed by atoms with Crippen molar-refractivity contribution in [3.05, 3.63) is 29.8 Å². The van der Waals surface area contributed by atoms with Crippen LogP contribution >= 0.6 is 0 Å². The molecule has 0 amide bonds. The topological polar surface area (TPSA) is 57.2 Å². The first-order valence-electron chi connectivity index (χ1n) is 8.80. The van der Waals surface area contributed by atoms with Gasteiger partial charge in [0.15, 0.2) is 0 Å². The van der Waals surface area contributed by atoms with Crippen LogP contribution in [0.15, 0.2) is 29.2 Å². The molecule has 0 heterocycles. The van der Waals surface area contributed by atoms with Crippen molar-refractivity contribution < 1.29 is 42.5 Å². The molecular formula is C19H31NaO3S. The molecule has 0 aliphatic carbocycles. The predicted molar refractivity (Wildman–Crippen MR) is 94.5 cm³/mol. The van der Waals surface area contributed by atoms with Crippen molar-refractivity contribution >= 4 is 10.1 Å². The molecule has 0 fully saturated rings. The SMILES string of the molecule is CCCCCCCCCC(C)(C)Cc1ccccc1S(=O)(=O)[O-].[Na+]. The molecule has 0 bridgehead atoms. The summed E-state index contributed by atoms with van der Waals surface area (Å²) < 4.78 is 34.1. The third-order valence-electron chi connectivity index (χ3n) is 4.37. The van der Waals surface area contributed by atoms with Gasteiger partial charge in [-0.15, -0.1) is 0 Å². The molecule has 132 valence electrons. The van der Waals surface area contributed by atoms with Crippen LogP contribution in [0.5, 0.6) is 0 Å². The van der Waals surface area contributed by atoms with E-state index in [1.165, 1.54) is 44.6 Å². The Bertz CT molecular complexity index is 568. The Hall–Kier alpha value is 0.130. The standard InChI is InChI=1S/C19H32O3S.Na/c1-4-5-6-7-8-9-12-15-19(2,3)16-17-13-10-11-14-18(17)23(20,21)22;/h10-11,13-14H,4-9,12,15-16H2,1-3H3,(H,20,21,22);/q;+1/p-1. The third kappa shape index (κ3) is 9.57. The fraction of sp³-hybridized carbons (Fsp3) is 0.684. The van der Waals surface area contributed by atoms with Gasteiger partial charge in [-0.1, -0.05) is 83.9 Å². The Kier molecular flexibility index (Phi) is 11.8. The number of hydrogen-bond donors (Lipinski definition) is 0. The normalized spacial score (nSPS) is 12.0. The van der Waals surface area contributed by atoms with Gasteiger partial charge < -0.3 is 4.55 Å². The average molecular weight is 363 g/mol. The van der Waals surface area contributed by atoms with E-state index in [0.717, 1.165) is 12.8 Å². The van der Waals surface area contributed by atoms with Crippen LogP contribution in [0.25, 0.3) is 0 Å². The molecule has 0 aliphatic rings. The van der Waals surface area contributed by atoms with Crippen molar-refractivity contribution in [3.63, 3.8) is 0 Å². The number of rotatable bonds is 11. The van der Waals surface area contributed by atoms with Crippen LogP contribution in [0, 0.1) is 5.41 Å². The zero-order valence-corrected chi connectivity index (χ0v) is 18.6. The zero-order chi connectivity index (χ0) is 17.3. The molecular weight excluding hydrogens is 331 g/mol. The van der Waals surface area contributed by atoms with Crippen LogP contribution in [0.4, 0.5) is 0 Å². The quantitative estimate of drug-likeness (QED) is 0.345. The molecule has 0 aliphatic heterocycles. The van der Waals surface area contributed by atoms with Crippen molar-refractivity contribution in [2.24, 2.45) is 5.41 Å². The van der Waals surface area contributed by atoms with Gasteiger partial charge in [0.1, 0.15) is 10.1 Å². The van der Waals surface area contributed by atoms with Gasteiger partial charge in [0.05, 0.1) is 4.90 Å². The van der Waals surface area contributed by atoms with Crippen LogP contribution in [0.2, 0.25) is 0 Å². The van der Waals surface area contributed by atoms with E-state index in [1.54, 1.807) is 18.2 Å². The van der Waals surface area contributed by atoms with Gasteiger partial charge in [0, 0.05) is 0 Å². The Balaban J connectivity index is 0.00000529. The van der Waals surface area contributed by atoms with Crippen LogP contribution < -0.4 is 29.6 Å². The molecule has 5 heteroatoms. The zero-order valence-electron chi connectivity index (χ0n) is 15.8. The Morgan fingerprint density at radius 2 is 1.50 bits per heavy atom. The smallest absolute Gasteiger partial charge is 0.744 e. The molecule has 0 saturated carbocycles. The van der Waals surface area contributed by atoms with Crippen LogP contribution in [0.3, 0.4) is 0 Å². The van der Waals surface area contributed by atoms with Crippen molar-refractivity contribution in [2.45, 2.75) is 83.5 Å². The summed E-state index contributed by atoms with van der Waals surface area (Å²) in [5, 5.41) is 0. The molecule has 0 spiro atoms. The average Bonchev–Trinajstić information content (AvgIpc) is 2.45. The number of unbranched alkanes of at least 4 members (excludes halogenated alkanes) is 6. The Morgan fingerprint density at radius 1 is 0.958 bits per heavy atom. The number of benzene rings is 1. The summed E-state index contributed by atoms with van der Waals surface area (Å²) in [6, 6.07) is 6.59. The largest absolute Gasteiger partial charge is 1.00 e. The van der Waals surface area contributed by atoms with Gasteiger partial charge >= 0.3 is 29.6 Å². The third-order valence-corrected chi connectivity index (χ3v) is 5.31. The fourth-order valence-electron chi connectivity index (χ4n) is 3.06. The molecule has 0 aromatic heterocycles. The summed E-state index contributed by atoms with van der Waals surface area (Å²) in [6.07, 6.45) is 10.6. The van der Waals surface area contributed by atoms with Gasteiger partial charge in [-0.25, -0.2) is 8.42 Å². The summed E-state index contributed by atoms with van der Waals surface area (Å²) in [5.74, 6) is 0. The molecule has 0 N–H and O–H groups in total. The van der Waals surface area contributed by atoms with E-state index in [1.807, 2.05) is 0 Å². The van der Waals surface area contributed by atoms with Crippen molar-refractivity contribution in [3.8, 4) is 0 Å². The van der Waals surface area contributed by atoms with E-state index in [9.17, 15) is 13.0 Å². The molecule has 0 radical (unpaired) electrons. The van der Waals surface area contributed by atoms with E-state index in [4.69, 9.17) is 0 Å². The van der Waals surface area contributed by atoms with Crippen LogP contribution in [0.1, 0.15) is 77.7 Å². The minimum Gasteiger partial charge on any atom is -0.744 e. The second-order valence-corrected chi connectivity index (χ2v) is 8.62. The summed E-state index contributed by atoms with van der Waals surface area (Å²) in [4.78, 5) is -0.0624. The molecule has 1 rings (SSSR count). The molecule has 0 unspecified atom stereocenters. The molecule has 24 heavy (non-hydrogen) atoms.